The normalized spacial score (nSPS) is 10.5. The quantitative estimate of drug-likeness (QED) is 0.850. The van der Waals surface area contributed by atoms with Gasteiger partial charge in [-0.3, -0.25) is 4.79 Å². The summed E-state index contributed by atoms with van der Waals surface area (Å²) in [6.45, 7) is 0. The molecule has 0 bridgehead atoms. The number of benzene rings is 1. The molecular weight excluding hydrogens is 276 g/mol. The van der Waals surface area contributed by atoms with Crippen molar-refractivity contribution in [3.63, 3.8) is 0 Å². The van der Waals surface area contributed by atoms with Crippen LogP contribution in [0.1, 0.15) is 11.4 Å². The van der Waals surface area contributed by atoms with Crippen LogP contribution in [0.4, 0.5) is 0 Å². The highest BCUT2D eigenvalue weighted by Crippen LogP contribution is 2.20. The van der Waals surface area contributed by atoms with Gasteiger partial charge < -0.3 is 9.63 Å². The number of thioether (sulfide) groups is 1. The first-order valence-corrected chi connectivity index (χ1v) is 6.42. The van der Waals surface area contributed by atoms with Crippen LogP contribution < -0.4 is 0 Å². The maximum absolute atomic E-state index is 10.4. The van der Waals surface area contributed by atoms with Gasteiger partial charge in [-0.2, -0.15) is 4.98 Å². The van der Waals surface area contributed by atoms with Gasteiger partial charge in [0.25, 0.3) is 5.22 Å². The summed E-state index contributed by atoms with van der Waals surface area (Å²) in [6, 6.07) is 7.39. The molecule has 0 atom stereocenters. The number of carboxylic acid groups (broad SMARTS) is 1. The van der Waals surface area contributed by atoms with E-state index >= 15 is 0 Å². The molecule has 0 amide bonds. The molecule has 1 aromatic carbocycles. The lowest BCUT2D eigenvalue weighted by Gasteiger charge is -1.98. The summed E-state index contributed by atoms with van der Waals surface area (Å²) in [7, 11) is 0. The lowest BCUT2D eigenvalue weighted by Crippen LogP contribution is -1.97. The SMILES string of the molecule is O=C(O)CSc1nc(Cc2ccccc2Cl)no1. The Morgan fingerprint density at radius 3 is 2.94 bits per heavy atom. The average Bonchev–Trinajstić information content (AvgIpc) is 2.77. The highest BCUT2D eigenvalue weighted by atomic mass is 35.5. The Kier molecular flexibility index (Phi) is 4.22. The fourth-order valence-electron chi connectivity index (χ4n) is 1.30. The summed E-state index contributed by atoms with van der Waals surface area (Å²) in [5.41, 5.74) is 0.898. The fourth-order valence-corrected chi connectivity index (χ4v) is 2.01. The molecule has 18 heavy (non-hydrogen) atoms. The molecule has 0 spiro atoms. The largest absolute Gasteiger partial charge is 0.481 e. The van der Waals surface area contributed by atoms with Gasteiger partial charge in [0.05, 0.1) is 0 Å². The van der Waals surface area contributed by atoms with Gasteiger partial charge in [0, 0.05) is 11.4 Å². The third-order valence-electron chi connectivity index (χ3n) is 2.07. The van der Waals surface area contributed by atoms with Crippen molar-refractivity contribution in [1.82, 2.24) is 10.1 Å². The van der Waals surface area contributed by atoms with Gasteiger partial charge in [-0.05, 0) is 11.6 Å². The van der Waals surface area contributed by atoms with Gasteiger partial charge in [0.2, 0.25) is 0 Å². The summed E-state index contributed by atoms with van der Waals surface area (Å²) in [4.78, 5) is 14.5. The topological polar surface area (TPSA) is 76.2 Å². The standard InChI is InChI=1S/C11H9ClN2O3S/c12-8-4-2-1-3-7(8)5-9-13-11(17-14-9)18-6-10(15)16/h1-4H,5-6H2,(H,15,16). The molecule has 0 radical (unpaired) electrons. The fraction of sp³-hybridized carbons (Fsp3) is 0.182. The molecule has 0 aliphatic heterocycles. The Labute approximate surface area is 112 Å². The maximum atomic E-state index is 10.4. The van der Waals surface area contributed by atoms with E-state index in [9.17, 15) is 4.79 Å². The second-order valence-corrected chi connectivity index (χ2v) is 4.76. The van der Waals surface area contributed by atoms with Gasteiger partial charge in [-0.25, -0.2) is 0 Å². The zero-order chi connectivity index (χ0) is 13.0. The zero-order valence-corrected chi connectivity index (χ0v) is 10.7. The summed E-state index contributed by atoms with van der Waals surface area (Å²) in [5, 5.41) is 13.2. The van der Waals surface area contributed by atoms with E-state index in [1.165, 1.54) is 0 Å². The summed E-state index contributed by atoms with van der Waals surface area (Å²) in [6.07, 6.45) is 0.455. The highest BCUT2D eigenvalue weighted by molar-refractivity contribution is 7.99. The number of aromatic nitrogens is 2. The van der Waals surface area contributed by atoms with E-state index in [0.29, 0.717) is 17.3 Å². The molecule has 0 saturated heterocycles. The van der Waals surface area contributed by atoms with Crippen LogP contribution in [0.3, 0.4) is 0 Å². The van der Waals surface area contributed by atoms with Crippen molar-refractivity contribution in [2.24, 2.45) is 0 Å². The molecule has 0 aliphatic rings. The predicted octanol–water partition coefficient (Wildman–Crippen LogP) is 2.49. The zero-order valence-electron chi connectivity index (χ0n) is 9.17. The second kappa shape index (κ2) is 5.88. The number of carbonyl (C=O) groups is 1. The minimum atomic E-state index is -0.925. The lowest BCUT2D eigenvalue weighted by atomic mass is 10.1. The molecule has 1 heterocycles. The molecule has 0 unspecified atom stereocenters. The van der Waals surface area contributed by atoms with Crippen LogP contribution in [0.15, 0.2) is 34.0 Å². The van der Waals surface area contributed by atoms with Crippen LogP contribution in [-0.2, 0) is 11.2 Å². The van der Waals surface area contributed by atoms with Crippen molar-refractivity contribution in [2.75, 3.05) is 5.75 Å². The first-order chi connectivity index (χ1) is 8.65. The van der Waals surface area contributed by atoms with E-state index < -0.39 is 5.97 Å². The maximum Gasteiger partial charge on any atom is 0.314 e. The molecular formula is C11H9ClN2O3S. The second-order valence-electron chi connectivity index (χ2n) is 3.43. The number of halogens is 1. The molecule has 5 nitrogen and oxygen atoms in total. The summed E-state index contributed by atoms with van der Waals surface area (Å²) in [5.74, 6) is -0.546. The molecule has 0 saturated carbocycles. The number of rotatable bonds is 5. The Balaban J connectivity index is 2.02. The van der Waals surface area contributed by atoms with Crippen molar-refractivity contribution in [3.8, 4) is 0 Å². The Morgan fingerprint density at radius 2 is 2.22 bits per heavy atom. The number of aliphatic carboxylic acids is 1. The minimum absolute atomic E-state index is 0.103. The van der Waals surface area contributed by atoms with E-state index in [-0.39, 0.29) is 11.0 Å². The number of carboxylic acids is 1. The van der Waals surface area contributed by atoms with E-state index in [1.807, 2.05) is 18.2 Å². The summed E-state index contributed by atoms with van der Waals surface area (Å²) < 4.78 is 4.92. The van der Waals surface area contributed by atoms with Gasteiger partial charge in [-0.1, -0.05) is 46.7 Å². The molecule has 2 rings (SSSR count). The van der Waals surface area contributed by atoms with Crippen LogP contribution in [0, 0.1) is 0 Å². The van der Waals surface area contributed by atoms with Crippen molar-refractivity contribution in [3.05, 3.63) is 40.7 Å². The van der Waals surface area contributed by atoms with Gasteiger partial charge >= 0.3 is 5.97 Å². The van der Waals surface area contributed by atoms with Crippen molar-refractivity contribution >= 4 is 29.3 Å². The molecule has 0 fully saturated rings. The first-order valence-electron chi connectivity index (χ1n) is 5.06. The number of hydrogen-bond acceptors (Lipinski definition) is 5. The van der Waals surface area contributed by atoms with Crippen LogP contribution in [0.2, 0.25) is 5.02 Å². The Bertz CT molecular complexity index is 559. The van der Waals surface area contributed by atoms with Gasteiger partial charge in [0.1, 0.15) is 5.75 Å². The smallest absolute Gasteiger partial charge is 0.314 e. The molecule has 7 heteroatoms. The van der Waals surface area contributed by atoms with E-state index in [2.05, 4.69) is 10.1 Å². The van der Waals surface area contributed by atoms with E-state index in [4.69, 9.17) is 21.2 Å². The third-order valence-corrected chi connectivity index (χ3v) is 3.25. The number of hydrogen-bond donors (Lipinski definition) is 1. The van der Waals surface area contributed by atoms with Crippen molar-refractivity contribution in [2.45, 2.75) is 11.6 Å². The molecule has 2 aromatic rings. The van der Waals surface area contributed by atoms with Crippen molar-refractivity contribution < 1.29 is 14.4 Å². The van der Waals surface area contributed by atoms with Crippen LogP contribution in [-0.4, -0.2) is 27.0 Å². The monoisotopic (exact) mass is 284 g/mol. The molecule has 0 aliphatic carbocycles. The predicted molar refractivity (Wildman–Crippen MR) is 66.9 cm³/mol. The van der Waals surface area contributed by atoms with Crippen molar-refractivity contribution in [1.29, 1.82) is 0 Å². The van der Waals surface area contributed by atoms with E-state index in [0.717, 1.165) is 17.3 Å². The number of nitrogens with zero attached hydrogens (tertiary/aromatic N) is 2. The van der Waals surface area contributed by atoms with Gasteiger partial charge in [0.15, 0.2) is 5.82 Å². The lowest BCUT2D eigenvalue weighted by molar-refractivity contribution is -0.133. The van der Waals surface area contributed by atoms with E-state index in [1.54, 1.807) is 6.07 Å². The van der Waals surface area contributed by atoms with Gasteiger partial charge in [-0.15, -0.1) is 0 Å². The van der Waals surface area contributed by atoms with Crippen LogP contribution >= 0.6 is 23.4 Å². The first kappa shape index (κ1) is 12.9. The molecule has 94 valence electrons. The molecule has 1 N–H and O–H groups in total. The third kappa shape index (κ3) is 3.48. The summed E-state index contributed by atoms with van der Waals surface area (Å²) >= 11 is 7.01. The molecule has 1 aromatic heterocycles. The Hall–Kier alpha value is -1.53. The average molecular weight is 285 g/mol. The minimum Gasteiger partial charge on any atom is -0.481 e. The Morgan fingerprint density at radius 1 is 1.44 bits per heavy atom. The van der Waals surface area contributed by atoms with Crippen LogP contribution in [0.5, 0.6) is 0 Å². The van der Waals surface area contributed by atoms with Crippen LogP contribution in [0.25, 0.3) is 0 Å². The highest BCUT2D eigenvalue weighted by Gasteiger charge is 2.10.